The Morgan fingerprint density at radius 3 is 2.65 bits per heavy atom. The standard InChI is InChI=1S/C16H24N2O2/c1-5-11-18-14(17-16(3,6-2)15(18)19)12-9-7-8-10-13(12)20-4/h7-10,14,17H,5-6,11H2,1-4H3. The number of hydrogen-bond donors (Lipinski definition) is 1. The molecular weight excluding hydrogens is 252 g/mol. The van der Waals surface area contributed by atoms with Crippen molar-refractivity contribution in [1.82, 2.24) is 10.2 Å². The van der Waals surface area contributed by atoms with Crippen LogP contribution in [0.5, 0.6) is 5.75 Å². The van der Waals surface area contributed by atoms with E-state index in [-0.39, 0.29) is 12.1 Å². The first-order chi connectivity index (χ1) is 9.57. The molecule has 0 radical (unpaired) electrons. The van der Waals surface area contributed by atoms with Gasteiger partial charge in [-0.25, -0.2) is 0 Å². The molecule has 0 spiro atoms. The smallest absolute Gasteiger partial charge is 0.244 e. The van der Waals surface area contributed by atoms with E-state index in [1.54, 1.807) is 7.11 Å². The molecular formula is C16H24N2O2. The zero-order valence-electron chi connectivity index (χ0n) is 12.8. The van der Waals surface area contributed by atoms with E-state index in [2.05, 4.69) is 12.2 Å². The van der Waals surface area contributed by atoms with Crippen LogP contribution >= 0.6 is 0 Å². The number of ether oxygens (including phenoxy) is 1. The average Bonchev–Trinajstić information content (AvgIpc) is 2.73. The molecule has 2 rings (SSSR count). The first-order valence-corrected chi connectivity index (χ1v) is 7.29. The van der Waals surface area contributed by atoms with Gasteiger partial charge < -0.3 is 9.64 Å². The van der Waals surface area contributed by atoms with Gasteiger partial charge in [-0.15, -0.1) is 0 Å². The quantitative estimate of drug-likeness (QED) is 0.899. The second-order valence-electron chi connectivity index (χ2n) is 5.47. The van der Waals surface area contributed by atoms with Crippen molar-refractivity contribution in [2.75, 3.05) is 13.7 Å². The highest BCUT2D eigenvalue weighted by Crippen LogP contribution is 2.36. The van der Waals surface area contributed by atoms with Gasteiger partial charge >= 0.3 is 0 Å². The summed E-state index contributed by atoms with van der Waals surface area (Å²) in [7, 11) is 1.67. The van der Waals surface area contributed by atoms with Crippen LogP contribution in [0.3, 0.4) is 0 Å². The highest BCUT2D eigenvalue weighted by Gasteiger charge is 2.47. The summed E-state index contributed by atoms with van der Waals surface area (Å²) in [5.41, 5.74) is 0.537. The van der Waals surface area contributed by atoms with Gasteiger partial charge in [0.25, 0.3) is 0 Å². The van der Waals surface area contributed by atoms with Crippen molar-refractivity contribution in [3.05, 3.63) is 29.8 Å². The maximum absolute atomic E-state index is 12.7. The summed E-state index contributed by atoms with van der Waals surface area (Å²) in [6, 6.07) is 7.89. The Kier molecular flexibility index (Phi) is 4.33. The second kappa shape index (κ2) is 5.83. The van der Waals surface area contributed by atoms with Crippen LogP contribution in [0, 0.1) is 0 Å². The minimum atomic E-state index is -0.485. The number of amides is 1. The minimum absolute atomic E-state index is 0.108. The number of methoxy groups -OCH3 is 1. The Hall–Kier alpha value is -1.55. The van der Waals surface area contributed by atoms with Crippen LogP contribution in [0.1, 0.15) is 45.3 Å². The SMILES string of the molecule is CCCN1C(=O)C(C)(CC)NC1c1ccccc1OC. The molecule has 1 saturated heterocycles. The number of nitrogens with zero attached hydrogens (tertiary/aromatic N) is 1. The molecule has 1 aromatic rings. The summed E-state index contributed by atoms with van der Waals surface area (Å²) in [5.74, 6) is 0.997. The van der Waals surface area contributed by atoms with Crippen molar-refractivity contribution >= 4 is 5.91 Å². The maximum Gasteiger partial charge on any atom is 0.244 e. The largest absolute Gasteiger partial charge is 0.496 e. The van der Waals surface area contributed by atoms with E-state index in [9.17, 15) is 4.79 Å². The lowest BCUT2D eigenvalue weighted by atomic mass is 9.99. The summed E-state index contributed by atoms with van der Waals surface area (Å²) in [6.07, 6.45) is 1.61. The van der Waals surface area contributed by atoms with Crippen LogP contribution < -0.4 is 10.1 Å². The fraction of sp³-hybridized carbons (Fsp3) is 0.562. The van der Waals surface area contributed by atoms with Gasteiger partial charge in [0.15, 0.2) is 0 Å². The monoisotopic (exact) mass is 276 g/mol. The fourth-order valence-corrected chi connectivity index (χ4v) is 2.74. The van der Waals surface area contributed by atoms with Crippen molar-refractivity contribution in [1.29, 1.82) is 0 Å². The van der Waals surface area contributed by atoms with Crippen molar-refractivity contribution < 1.29 is 9.53 Å². The van der Waals surface area contributed by atoms with Gasteiger partial charge in [0.2, 0.25) is 5.91 Å². The molecule has 1 N–H and O–H groups in total. The Bertz CT molecular complexity index is 489. The molecule has 1 heterocycles. The third-order valence-electron chi connectivity index (χ3n) is 4.10. The number of carbonyl (C=O) groups is 1. The van der Waals surface area contributed by atoms with Gasteiger partial charge in [-0.3, -0.25) is 10.1 Å². The lowest BCUT2D eigenvalue weighted by Gasteiger charge is -2.25. The number of hydrogen-bond acceptors (Lipinski definition) is 3. The topological polar surface area (TPSA) is 41.6 Å². The van der Waals surface area contributed by atoms with E-state index in [0.717, 1.165) is 30.7 Å². The Labute approximate surface area is 121 Å². The lowest BCUT2D eigenvalue weighted by molar-refractivity contribution is -0.133. The molecule has 1 aromatic carbocycles. The molecule has 20 heavy (non-hydrogen) atoms. The number of rotatable bonds is 5. The normalized spacial score (nSPS) is 26.1. The molecule has 0 aliphatic carbocycles. The van der Waals surface area contributed by atoms with E-state index in [0.29, 0.717) is 0 Å². The van der Waals surface area contributed by atoms with Crippen LogP contribution in [-0.4, -0.2) is 30.0 Å². The third-order valence-corrected chi connectivity index (χ3v) is 4.10. The maximum atomic E-state index is 12.7. The van der Waals surface area contributed by atoms with E-state index >= 15 is 0 Å². The molecule has 2 atom stereocenters. The van der Waals surface area contributed by atoms with Gasteiger partial charge in [0.1, 0.15) is 11.9 Å². The predicted molar refractivity (Wildman–Crippen MR) is 79.6 cm³/mol. The first-order valence-electron chi connectivity index (χ1n) is 7.29. The molecule has 4 heteroatoms. The number of benzene rings is 1. The highest BCUT2D eigenvalue weighted by atomic mass is 16.5. The third kappa shape index (κ3) is 2.40. The molecule has 0 aromatic heterocycles. The molecule has 1 fully saturated rings. The molecule has 0 bridgehead atoms. The zero-order valence-corrected chi connectivity index (χ0v) is 12.8. The van der Waals surface area contributed by atoms with Gasteiger partial charge in [0, 0.05) is 12.1 Å². The molecule has 110 valence electrons. The summed E-state index contributed by atoms with van der Waals surface area (Å²) in [4.78, 5) is 14.6. The lowest BCUT2D eigenvalue weighted by Crippen LogP contribution is -2.43. The van der Waals surface area contributed by atoms with Crippen LogP contribution in [0.2, 0.25) is 0 Å². The summed E-state index contributed by atoms with van der Waals surface area (Å²) >= 11 is 0. The first kappa shape index (κ1) is 14.9. The van der Waals surface area contributed by atoms with E-state index < -0.39 is 5.54 Å². The second-order valence-corrected chi connectivity index (χ2v) is 5.47. The van der Waals surface area contributed by atoms with Crippen LogP contribution in [0.4, 0.5) is 0 Å². The number of carbonyl (C=O) groups excluding carboxylic acids is 1. The minimum Gasteiger partial charge on any atom is -0.496 e. The highest BCUT2D eigenvalue weighted by molar-refractivity contribution is 5.88. The Balaban J connectivity index is 2.41. The Morgan fingerprint density at radius 2 is 2.05 bits per heavy atom. The molecule has 1 amide bonds. The summed E-state index contributed by atoms with van der Waals surface area (Å²) in [6.45, 7) is 6.87. The van der Waals surface area contributed by atoms with Gasteiger partial charge in [-0.1, -0.05) is 32.0 Å². The number of nitrogens with one attached hydrogen (secondary N) is 1. The molecule has 1 aliphatic heterocycles. The fourth-order valence-electron chi connectivity index (χ4n) is 2.74. The van der Waals surface area contributed by atoms with Crippen molar-refractivity contribution in [2.24, 2.45) is 0 Å². The van der Waals surface area contributed by atoms with E-state index in [4.69, 9.17) is 4.74 Å². The van der Waals surface area contributed by atoms with Crippen molar-refractivity contribution in [2.45, 2.75) is 45.3 Å². The van der Waals surface area contributed by atoms with E-state index in [1.165, 1.54) is 0 Å². The van der Waals surface area contributed by atoms with Gasteiger partial charge in [-0.05, 0) is 25.8 Å². The predicted octanol–water partition coefficient (Wildman–Crippen LogP) is 2.70. The molecule has 2 unspecified atom stereocenters. The van der Waals surface area contributed by atoms with Crippen molar-refractivity contribution in [3.63, 3.8) is 0 Å². The van der Waals surface area contributed by atoms with Gasteiger partial charge in [-0.2, -0.15) is 0 Å². The van der Waals surface area contributed by atoms with Crippen molar-refractivity contribution in [3.8, 4) is 5.75 Å². The summed E-state index contributed by atoms with van der Waals surface area (Å²) < 4.78 is 5.44. The van der Waals surface area contributed by atoms with Gasteiger partial charge in [0.05, 0.1) is 12.6 Å². The van der Waals surface area contributed by atoms with Crippen LogP contribution in [-0.2, 0) is 4.79 Å². The van der Waals surface area contributed by atoms with E-state index in [1.807, 2.05) is 43.0 Å². The average molecular weight is 276 g/mol. The summed E-state index contributed by atoms with van der Waals surface area (Å²) in [5, 5.41) is 3.49. The molecule has 4 nitrogen and oxygen atoms in total. The van der Waals surface area contributed by atoms with Crippen LogP contribution in [0.25, 0.3) is 0 Å². The Morgan fingerprint density at radius 1 is 1.35 bits per heavy atom. The van der Waals surface area contributed by atoms with Crippen LogP contribution in [0.15, 0.2) is 24.3 Å². The molecule has 1 aliphatic rings. The number of para-hydroxylation sites is 1. The zero-order chi connectivity index (χ0) is 14.8. The molecule has 0 saturated carbocycles.